The van der Waals surface area contributed by atoms with Crippen LogP contribution in [0.25, 0.3) is 0 Å². The zero-order valence-corrected chi connectivity index (χ0v) is 16.4. The minimum absolute atomic E-state index is 0.157. The lowest BCUT2D eigenvalue weighted by molar-refractivity contribution is -0.140. The molecular weight excluding hydrogens is 359 g/mol. The molecule has 1 N–H and O–H groups in total. The highest BCUT2D eigenvalue weighted by atomic mass is 19.1. The van der Waals surface area contributed by atoms with Crippen LogP contribution in [0.4, 0.5) is 4.39 Å². The van der Waals surface area contributed by atoms with Gasteiger partial charge in [-0.1, -0.05) is 42.5 Å². The third kappa shape index (κ3) is 6.78. The van der Waals surface area contributed by atoms with E-state index >= 15 is 0 Å². The first-order chi connectivity index (χ1) is 13.5. The van der Waals surface area contributed by atoms with Crippen molar-refractivity contribution in [1.82, 2.24) is 10.2 Å². The van der Waals surface area contributed by atoms with Gasteiger partial charge in [-0.05, 0) is 36.6 Å². The normalized spacial score (nSPS) is 11.7. The molecular formula is C22H27FN2O3. The third-order valence-electron chi connectivity index (χ3n) is 4.46. The van der Waals surface area contributed by atoms with Crippen molar-refractivity contribution in [3.8, 4) is 0 Å². The Hall–Kier alpha value is -2.73. The quantitative estimate of drug-likeness (QED) is 0.639. The van der Waals surface area contributed by atoms with Gasteiger partial charge in [-0.3, -0.25) is 9.59 Å². The Morgan fingerprint density at radius 1 is 1.07 bits per heavy atom. The van der Waals surface area contributed by atoms with Crippen LogP contribution in [-0.4, -0.2) is 43.0 Å². The summed E-state index contributed by atoms with van der Waals surface area (Å²) in [5, 5.41) is 2.84. The van der Waals surface area contributed by atoms with Crippen LogP contribution in [0.15, 0.2) is 54.6 Å². The Morgan fingerprint density at radius 2 is 1.75 bits per heavy atom. The first kappa shape index (κ1) is 21.6. The summed E-state index contributed by atoms with van der Waals surface area (Å²) < 4.78 is 18.2. The van der Waals surface area contributed by atoms with Crippen molar-refractivity contribution in [2.24, 2.45) is 0 Å². The number of benzene rings is 2. The monoisotopic (exact) mass is 386 g/mol. The van der Waals surface area contributed by atoms with Gasteiger partial charge in [-0.25, -0.2) is 4.39 Å². The molecule has 0 saturated carbocycles. The number of hydrogen-bond acceptors (Lipinski definition) is 3. The summed E-state index contributed by atoms with van der Waals surface area (Å²) in [6.45, 7) is 2.98. The predicted octanol–water partition coefficient (Wildman–Crippen LogP) is 2.94. The number of nitrogens with one attached hydrogen (secondary N) is 1. The molecule has 0 saturated heterocycles. The molecule has 2 aromatic rings. The lowest BCUT2D eigenvalue weighted by Gasteiger charge is -2.29. The van der Waals surface area contributed by atoms with Gasteiger partial charge in [0, 0.05) is 26.8 Å². The Morgan fingerprint density at radius 3 is 2.39 bits per heavy atom. The maximum atomic E-state index is 13.2. The van der Waals surface area contributed by atoms with Gasteiger partial charge in [0.25, 0.3) is 0 Å². The fourth-order valence-electron chi connectivity index (χ4n) is 2.82. The summed E-state index contributed by atoms with van der Waals surface area (Å²) in [5.74, 6) is -0.718. The number of carbonyl (C=O) groups is 2. The van der Waals surface area contributed by atoms with E-state index in [2.05, 4.69) is 5.32 Å². The van der Waals surface area contributed by atoms with Gasteiger partial charge < -0.3 is 15.0 Å². The smallest absolute Gasteiger partial charge is 0.242 e. The minimum atomic E-state index is -0.649. The molecule has 150 valence electrons. The van der Waals surface area contributed by atoms with E-state index in [1.807, 2.05) is 30.3 Å². The minimum Gasteiger partial charge on any atom is -0.385 e. The average molecular weight is 386 g/mol. The van der Waals surface area contributed by atoms with E-state index in [1.54, 1.807) is 26.2 Å². The maximum Gasteiger partial charge on any atom is 0.242 e. The van der Waals surface area contributed by atoms with Gasteiger partial charge in [-0.2, -0.15) is 0 Å². The number of amides is 2. The highest BCUT2D eigenvalue weighted by molar-refractivity contribution is 5.88. The van der Waals surface area contributed by atoms with Crippen molar-refractivity contribution in [1.29, 1.82) is 0 Å². The first-order valence-electron chi connectivity index (χ1n) is 9.35. The van der Waals surface area contributed by atoms with Gasteiger partial charge in [0.15, 0.2) is 0 Å². The Bertz CT molecular complexity index is 750. The third-order valence-corrected chi connectivity index (χ3v) is 4.46. The van der Waals surface area contributed by atoms with Crippen molar-refractivity contribution in [2.75, 3.05) is 20.3 Å². The molecule has 0 aromatic heterocycles. The molecule has 6 heteroatoms. The van der Waals surface area contributed by atoms with E-state index in [0.717, 1.165) is 11.1 Å². The SMILES string of the molecule is COCCCNC(=O)[C@H](C)N(Cc1ccc(F)cc1)C(=O)Cc1ccccc1. The Kier molecular flexibility index (Phi) is 8.62. The lowest BCUT2D eigenvalue weighted by atomic mass is 10.1. The average Bonchev–Trinajstić information content (AvgIpc) is 2.70. The largest absolute Gasteiger partial charge is 0.385 e. The van der Waals surface area contributed by atoms with E-state index < -0.39 is 6.04 Å². The van der Waals surface area contributed by atoms with Crippen LogP contribution in [0.1, 0.15) is 24.5 Å². The van der Waals surface area contributed by atoms with Crippen LogP contribution < -0.4 is 5.32 Å². The summed E-state index contributed by atoms with van der Waals surface area (Å²) in [6, 6.07) is 14.7. The molecule has 2 amide bonds. The molecule has 0 heterocycles. The van der Waals surface area contributed by atoms with Crippen molar-refractivity contribution >= 4 is 11.8 Å². The fraction of sp³-hybridized carbons (Fsp3) is 0.364. The second-order valence-electron chi connectivity index (χ2n) is 6.62. The van der Waals surface area contributed by atoms with Crippen molar-refractivity contribution in [2.45, 2.75) is 32.4 Å². The summed E-state index contributed by atoms with van der Waals surface area (Å²) in [6.07, 6.45) is 0.897. The molecule has 2 rings (SSSR count). The molecule has 5 nitrogen and oxygen atoms in total. The van der Waals surface area contributed by atoms with Crippen LogP contribution in [0, 0.1) is 5.82 Å². The number of hydrogen-bond donors (Lipinski definition) is 1. The highest BCUT2D eigenvalue weighted by Gasteiger charge is 2.26. The van der Waals surface area contributed by atoms with Gasteiger partial charge in [0.1, 0.15) is 11.9 Å². The number of nitrogens with zero attached hydrogens (tertiary/aromatic N) is 1. The van der Waals surface area contributed by atoms with Gasteiger partial charge in [0.2, 0.25) is 11.8 Å². The van der Waals surface area contributed by atoms with Crippen LogP contribution in [0.3, 0.4) is 0 Å². The molecule has 0 aliphatic carbocycles. The predicted molar refractivity (Wildman–Crippen MR) is 106 cm³/mol. The van der Waals surface area contributed by atoms with Gasteiger partial charge in [0.05, 0.1) is 6.42 Å². The number of halogens is 1. The Balaban J connectivity index is 2.10. The van der Waals surface area contributed by atoms with Gasteiger partial charge in [-0.15, -0.1) is 0 Å². The van der Waals surface area contributed by atoms with Crippen molar-refractivity contribution < 1.29 is 18.7 Å². The summed E-state index contributed by atoms with van der Waals surface area (Å²) in [4.78, 5) is 27.0. The number of ether oxygens (including phenoxy) is 1. The lowest BCUT2D eigenvalue weighted by Crippen LogP contribution is -2.48. The standard InChI is InChI=1S/C22H27FN2O3/c1-17(22(27)24-13-6-14-28-2)25(16-19-9-11-20(23)12-10-19)21(26)15-18-7-4-3-5-8-18/h3-5,7-12,17H,6,13-16H2,1-2H3,(H,24,27)/t17-/m0/s1. The molecule has 0 radical (unpaired) electrons. The van der Waals surface area contributed by atoms with E-state index in [4.69, 9.17) is 4.74 Å². The van der Waals surface area contributed by atoms with Gasteiger partial charge >= 0.3 is 0 Å². The maximum absolute atomic E-state index is 13.2. The van der Waals surface area contributed by atoms with E-state index in [9.17, 15) is 14.0 Å². The molecule has 0 aliphatic rings. The van der Waals surface area contributed by atoms with Crippen LogP contribution in [0.2, 0.25) is 0 Å². The molecule has 0 fully saturated rings. The van der Waals surface area contributed by atoms with Crippen LogP contribution in [-0.2, 0) is 27.3 Å². The second kappa shape index (κ2) is 11.2. The highest BCUT2D eigenvalue weighted by Crippen LogP contribution is 2.13. The molecule has 28 heavy (non-hydrogen) atoms. The summed E-state index contributed by atoms with van der Waals surface area (Å²) in [7, 11) is 1.61. The molecule has 0 aliphatic heterocycles. The van der Waals surface area contributed by atoms with E-state index in [-0.39, 0.29) is 30.6 Å². The van der Waals surface area contributed by atoms with Crippen molar-refractivity contribution in [3.05, 3.63) is 71.5 Å². The topological polar surface area (TPSA) is 58.6 Å². The first-order valence-corrected chi connectivity index (χ1v) is 9.35. The molecule has 2 aromatic carbocycles. The second-order valence-corrected chi connectivity index (χ2v) is 6.62. The zero-order valence-electron chi connectivity index (χ0n) is 16.4. The van der Waals surface area contributed by atoms with Crippen LogP contribution in [0.5, 0.6) is 0 Å². The number of rotatable bonds is 10. The number of carbonyl (C=O) groups excluding carboxylic acids is 2. The number of methoxy groups -OCH3 is 1. The zero-order chi connectivity index (χ0) is 20.4. The molecule has 0 spiro atoms. The van der Waals surface area contributed by atoms with Crippen LogP contribution >= 0.6 is 0 Å². The summed E-state index contributed by atoms with van der Waals surface area (Å²) >= 11 is 0. The molecule has 1 atom stereocenters. The summed E-state index contributed by atoms with van der Waals surface area (Å²) in [5.41, 5.74) is 1.64. The fourth-order valence-corrected chi connectivity index (χ4v) is 2.82. The molecule has 0 bridgehead atoms. The van der Waals surface area contributed by atoms with Crippen molar-refractivity contribution in [3.63, 3.8) is 0 Å². The molecule has 0 unspecified atom stereocenters. The van der Waals surface area contributed by atoms with E-state index in [0.29, 0.717) is 19.6 Å². The Labute approximate surface area is 165 Å². The van der Waals surface area contributed by atoms with E-state index in [1.165, 1.54) is 17.0 Å².